The average Bonchev–Trinajstić information content (AvgIpc) is 2.59. The SMILES string of the molecule is C#Cc1ccc(Nc2c(C=O)cc(COC(C)=O)c(F)c2F)c(F)c1. The molecule has 0 saturated carbocycles. The molecule has 4 nitrogen and oxygen atoms in total. The molecule has 0 fully saturated rings. The van der Waals surface area contributed by atoms with Gasteiger partial charge >= 0.3 is 5.97 Å². The number of rotatable bonds is 5. The third kappa shape index (κ3) is 3.98. The van der Waals surface area contributed by atoms with E-state index < -0.39 is 35.7 Å². The Morgan fingerprint density at radius 1 is 1.28 bits per heavy atom. The average molecular weight is 347 g/mol. The van der Waals surface area contributed by atoms with Gasteiger partial charge in [0.15, 0.2) is 17.9 Å². The Morgan fingerprint density at radius 2 is 2.00 bits per heavy atom. The van der Waals surface area contributed by atoms with Crippen molar-refractivity contribution in [2.75, 3.05) is 5.32 Å². The van der Waals surface area contributed by atoms with Crippen LogP contribution in [0.2, 0.25) is 0 Å². The zero-order chi connectivity index (χ0) is 18.6. The van der Waals surface area contributed by atoms with Crippen molar-refractivity contribution in [3.8, 4) is 12.3 Å². The van der Waals surface area contributed by atoms with Crippen LogP contribution in [0.25, 0.3) is 0 Å². The number of nitrogens with one attached hydrogen (secondary N) is 1. The lowest BCUT2D eigenvalue weighted by atomic mass is 10.1. The van der Waals surface area contributed by atoms with Crippen LogP contribution in [0.4, 0.5) is 24.5 Å². The second-order valence-electron chi connectivity index (χ2n) is 4.99. The highest BCUT2D eigenvalue weighted by Crippen LogP contribution is 2.29. The van der Waals surface area contributed by atoms with Crippen LogP contribution >= 0.6 is 0 Å². The van der Waals surface area contributed by atoms with Crippen LogP contribution in [-0.2, 0) is 16.1 Å². The van der Waals surface area contributed by atoms with Crippen molar-refractivity contribution in [3.63, 3.8) is 0 Å². The van der Waals surface area contributed by atoms with Gasteiger partial charge in [-0.3, -0.25) is 9.59 Å². The molecule has 0 atom stereocenters. The Hall–Kier alpha value is -3.27. The van der Waals surface area contributed by atoms with Crippen molar-refractivity contribution in [2.24, 2.45) is 0 Å². The van der Waals surface area contributed by atoms with Gasteiger partial charge in [-0.2, -0.15) is 0 Å². The number of esters is 1. The first-order valence-electron chi connectivity index (χ1n) is 7.00. The molecular weight excluding hydrogens is 335 g/mol. The standard InChI is InChI=1S/C18H12F3NO3/c1-3-11-4-5-15(14(19)6-11)22-18-12(8-23)7-13(9-25-10(2)24)16(20)17(18)21/h1,4-8,22H,9H2,2H3. The lowest BCUT2D eigenvalue weighted by molar-refractivity contribution is -0.142. The van der Waals surface area contributed by atoms with E-state index in [0.717, 1.165) is 19.1 Å². The maximum absolute atomic E-state index is 14.3. The molecule has 0 amide bonds. The minimum Gasteiger partial charge on any atom is -0.461 e. The van der Waals surface area contributed by atoms with Crippen LogP contribution in [0.5, 0.6) is 0 Å². The number of ether oxygens (including phenoxy) is 1. The van der Waals surface area contributed by atoms with Gasteiger partial charge in [0.1, 0.15) is 12.4 Å². The summed E-state index contributed by atoms with van der Waals surface area (Å²) in [6.45, 7) is 0.567. The van der Waals surface area contributed by atoms with E-state index in [-0.39, 0.29) is 28.7 Å². The summed E-state index contributed by atoms with van der Waals surface area (Å²) in [5.41, 5.74) is -1.04. The minimum absolute atomic E-state index is 0.187. The molecule has 0 saturated heterocycles. The van der Waals surface area contributed by atoms with Crippen molar-refractivity contribution >= 4 is 23.6 Å². The summed E-state index contributed by atoms with van der Waals surface area (Å²) in [6, 6.07) is 4.69. The third-order valence-corrected chi connectivity index (χ3v) is 3.27. The Morgan fingerprint density at radius 3 is 2.56 bits per heavy atom. The first kappa shape index (κ1) is 18.1. The smallest absolute Gasteiger partial charge is 0.302 e. The molecule has 0 aromatic heterocycles. The van der Waals surface area contributed by atoms with Crippen molar-refractivity contribution in [2.45, 2.75) is 13.5 Å². The van der Waals surface area contributed by atoms with Gasteiger partial charge in [-0.05, 0) is 24.3 Å². The number of hydrogen-bond acceptors (Lipinski definition) is 4. The summed E-state index contributed by atoms with van der Waals surface area (Å²) >= 11 is 0. The molecule has 2 aromatic rings. The van der Waals surface area contributed by atoms with Crippen LogP contribution in [0.3, 0.4) is 0 Å². The van der Waals surface area contributed by atoms with E-state index in [1.807, 2.05) is 0 Å². The zero-order valence-corrected chi connectivity index (χ0v) is 13.0. The van der Waals surface area contributed by atoms with E-state index in [1.54, 1.807) is 0 Å². The second-order valence-corrected chi connectivity index (χ2v) is 4.99. The molecule has 2 rings (SSSR count). The predicted octanol–water partition coefficient (Wildman–Crippen LogP) is 3.70. The first-order valence-corrected chi connectivity index (χ1v) is 7.00. The summed E-state index contributed by atoms with van der Waals surface area (Å²) in [5.74, 6) is -1.96. The molecule has 0 radical (unpaired) electrons. The highest BCUT2D eigenvalue weighted by Gasteiger charge is 2.20. The molecule has 1 N–H and O–H groups in total. The Bertz CT molecular complexity index is 888. The molecule has 0 aliphatic heterocycles. The van der Waals surface area contributed by atoms with Crippen molar-refractivity contribution in [1.29, 1.82) is 0 Å². The van der Waals surface area contributed by atoms with E-state index in [2.05, 4.69) is 16.0 Å². The van der Waals surface area contributed by atoms with E-state index in [1.165, 1.54) is 12.1 Å². The maximum Gasteiger partial charge on any atom is 0.302 e. The maximum atomic E-state index is 14.3. The minimum atomic E-state index is -1.40. The molecular formula is C18H12F3NO3. The largest absolute Gasteiger partial charge is 0.461 e. The summed E-state index contributed by atoms with van der Waals surface area (Å²) < 4.78 is 47.0. The van der Waals surface area contributed by atoms with Crippen molar-refractivity contribution in [3.05, 3.63) is 58.4 Å². The van der Waals surface area contributed by atoms with E-state index in [9.17, 15) is 22.8 Å². The number of anilines is 2. The van der Waals surface area contributed by atoms with Crippen LogP contribution < -0.4 is 5.32 Å². The number of hydrogen-bond donors (Lipinski definition) is 1. The lowest BCUT2D eigenvalue weighted by Gasteiger charge is -2.14. The third-order valence-electron chi connectivity index (χ3n) is 3.27. The van der Waals surface area contributed by atoms with Gasteiger partial charge in [-0.1, -0.05) is 5.92 Å². The fourth-order valence-corrected chi connectivity index (χ4v) is 2.05. The fourth-order valence-electron chi connectivity index (χ4n) is 2.05. The van der Waals surface area contributed by atoms with Gasteiger partial charge in [0.05, 0.1) is 11.4 Å². The summed E-state index contributed by atoms with van der Waals surface area (Å²) in [5, 5.41) is 2.35. The van der Waals surface area contributed by atoms with Gasteiger partial charge in [0.25, 0.3) is 0 Å². The number of halogens is 3. The summed E-state index contributed by atoms with van der Waals surface area (Å²) in [6.07, 6.45) is 5.42. The Balaban J connectivity index is 2.44. The quantitative estimate of drug-likeness (QED) is 0.509. The molecule has 0 spiro atoms. The Labute approximate surface area is 141 Å². The van der Waals surface area contributed by atoms with E-state index >= 15 is 0 Å². The fraction of sp³-hybridized carbons (Fsp3) is 0.111. The van der Waals surface area contributed by atoms with Gasteiger partial charge in [-0.15, -0.1) is 6.42 Å². The molecule has 0 heterocycles. The molecule has 128 valence electrons. The highest BCUT2D eigenvalue weighted by atomic mass is 19.2. The molecule has 0 aliphatic rings. The van der Waals surface area contributed by atoms with Crippen LogP contribution in [0.15, 0.2) is 24.3 Å². The topological polar surface area (TPSA) is 55.4 Å². The normalized spacial score (nSPS) is 10.0. The van der Waals surface area contributed by atoms with Gasteiger partial charge in [0.2, 0.25) is 0 Å². The summed E-state index contributed by atoms with van der Waals surface area (Å²) in [4.78, 5) is 22.0. The molecule has 0 unspecified atom stereocenters. The molecule has 2 aromatic carbocycles. The second kappa shape index (κ2) is 7.53. The number of carbonyl (C=O) groups excluding carboxylic acids is 2. The summed E-state index contributed by atoms with van der Waals surface area (Å²) in [7, 11) is 0. The van der Waals surface area contributed by atoms with E-state index in [0.29, 0.717) is 0 Å². The highest BCUT2D eigenvalue weighted by molar-refractivity contribution is 5.87. The molecule has 0 bridgehead atoms. The number of aldehydes is 1. The van der Waals surface area contributed by atoms with Crippen LogP contribution in [0, 0.1) is 29.8 Å². The van der Waals surface area contributed by atoms with Crippen LogP contribution in [-0.4, -0.2) is 12.3 Å². The molecule has 7 heteroatoms. The van der Waals surface area contributed by atoms with Crippen molar-refractivity contribution < 1.29 is 27.5 Å². The first-order chi connectivity index (χ1) is 11.9. The zero-order valence-electron chi connectivity index (χ0n) is 13.0. The van der Waals surface area contributed by atoms with Crippen LogP contribution in [0.1, 0.15) is 28.4 Å². The number of benzene rings is 2. The number of terminal acetylenes is 1. The monoisotopic (exact) mass is 347 g/mol. The van der Waals surface area contributed by atoms with Gasteiger partial charge < -0.3 is 10.1 Å². The van der Waals surface area contributed by atoms with Crippen molar-refractivity contribution in [1.82, 2.24) is 0 Å². The lowest BCUT2D eigenvalue weighted by Crippen LogP contribution is -2.08. The molecule has 25 heavy (non-hydrogen) atoms. The number of carbonyl (C=O) groups is 2. The molecule has 0 aliphatic carbocycles. The van der Waals surface area contributed by atoms with E-state index in [4.69, 9.17) is 6.42 Å². The van der Waals surface area contributed by atoms with Gasteiger partial charge in [-0.25, -0.2) is 13.2 Å². The predicted molar refractivity (Wildman–Crippen MR) is 84.8 cm³/mol. The van der Waals surface area contributed by atoms with Gasteiger partial charge in [0, 0.05) is 23.6 Å². The Kier molecular flexibility index (Phi) is 5.45.